The van der Waals surface area contributed by atoms with Gasteiger partial charge in [-0.05, 0) is 91.8 Å². The number of amides is 2. The number of rotatable bonds is 8. The van der Waals surface area contributed by atoms with Crippen molar-refractivity contribution in [3.05, 3.63) is 195 Å². The van der Waals surface area contributed by atoms with Crippen molar-refractivity contribution in [1.82, 2.24) is 9.80 Å². The van der Waals surface area contributed by atoms with Gasteiger partial charge in [0.15, 0.2) is 0 Å². The van der Waals surface area contributed by atoms with Crippen LogP contribution in [0.1, 0.15) is 74.2 Å². The molecule has 2 aliphatic heterocycles. The first-order chi connectivity index (χ1) is 31.7. The van der Waals surface area contributed by atoms with Gasteiger partial charge in [0, 0.05) is 4.47 Å². The van der Waals surface area contributed by atoms with E-state index in [0.717, 1.165) is 56.6 Å². The van der Waals surface area contributed by atoms with Crippen LogP contribution in [0, 0.1) is 37.1 Å². The summed E-state index contributed by atoms with van der Waals surface area (Å²) in [5.41, 5.74) is 6.01. The van der Waals surface area contributed by atoms with E-state index in [9.17, 15) is 27.2 Å². The van der Waals surface area contributed by atoms with E-state index in [2.05, 4.69) is 50.2 Å². The maximum atomic E-state index is 14.4. The Morgan fingerprint density at radius 1 is 0.588 bits per heavy atom. The summed E-state index contributed by atoms with van der Waals surface area (Å²) < 4.78 is 68.3. The number of carbonyl (C=O) groups is 2. The summed E-state index contributed by atoms with van der Waals surface area (Å²) >= 11 is 3.36. The van der Waals surface area contributed by atoms with Gasteiger partial charge in [-0.2, -0.15) is 0 Å². The molecule has 0 saturated carbocycles. The van der Waals surface area contributed by atoms with Gasteiger partial charge in [0.25, 0.3) is 0 Å². The van der Waals surface area contributed by atoms with E-state index in [4.69, 9.17) is 19.5 Å². The topological polar surface area (TPSA) is 124 Å². The number of benzene rings is 6. The predicted octanol–water partition coefficient (Wildman–Crippen LogP) is 11.5. The number of nitrogens with zero attached hydrogens (tertiary/aromatic N) is 4. The molecule has 8 rings (SSSR count). The summed E-state index contributed by atoms with van der Waals surface area (Å²) in [5, 5.41) is 17.3. The molecule has 6 aromatic carbocycles. The van der Waals surface area contributed by atoms with Crippen LogP contribution in [0.5, 0.6) is 0 Å². The molecule has 2 unspecified atom stereocenters. The van der Waals surface area contributed by atoms with Gasteiger partial charge in [0.05, 0.1) is 49.5 Å². The number of hydrogen-bond donors (Lipinski definition) is 2. The molecular weight excluding hydrogens is 943 g/mol. The predicted molar refractivity (Wildman–Crippen MR) is 264 cm³/mol. The molecule has 0 bridgehead atoms. The van der Waals surface area contributed by atoms with Crippen molar-refractivity contribution in [3.8, 4) is 11.1 Å². The number of amidine groups is 2. The van der Waals surface area contributed by atoms with E-state index in [1.807, 2.05) is 74.5 Å². The SMILES string of the molecule is C.C.CCOC(=O)N1CC(c2ccc(-c3ccc(C)cc3)cc2)N=C1c1c(F)cccc1F.CCOC(=O)N1CC(c2ccc(Br)cc2)N=C1c1c(F)cccc1F.Cc1ccc(B(O)O)cc1. The van der Waals surface area contributed by atoms with E-state index in [1.165, 1.54) is 27.5 Å². The number of hydrogen-bond acceptors (Lipinski definition) is 8. The van der Waals surface area contributed by atoms with E-state index in [0.29, 0.717) is 5.46 Å². The maximum absolute atomic E-state index is 14.4. The lowest BCUT2D eigenvalue weighted by Crippen LogP contribution is -2.36. The second-order valence-electron chi connectivity index (χ2n) is 15.1. The summed E-state index contributed by atoms with van der Waals surface area (Å²) in [5.74, 6) is -3.20. The van der Waals surface area contributed by atoms with Crippen molar-refractivity contribution < 1.29 is 46.7 Å². The first-order valence-corrected chi connectivity index (χ1v) is 21.8. The van der Waals surface area contributed by atoms with Crippen molar-refractivity contribution >= 4 is 52.4 Å². The smallest absolute Gasteiger partial charge is 0.449 e. The lowest BCUT2D eigenvalue weighted by atomic mass is 9.80. The molecule has 6 aromatic rings. The van der Waals surface area contributed by atoms with Crippen LogP contribution >= 0.6 is 15.9 Å². The van der Waals surface area contributed by atoms with Crippen molar-refractivity contribution in [2.45, 2.75) is 54.6 Å². The second-order valence-corrected chi connectivity index (χ2v) is 16.0. The molecule has 2 N–H and O–H groups in total. The van der Waals surface area contributed by atoms with Crippen LogP contribution in [-0.2, 0) is 9.47 Å². The molecule has 2 heterocycles. The largest absolute Gasteiger partial charge is 0.488 e. The van der Waals surface area contributed by atoms with E-state index in [1.54, 1.807) is 26.0 Å². The molecule has 0 aliphatic carbocycles. The Morgan fingerprint density at radius 2 is 0.926 bits per heavy atom. The van der Waals surface area contributed by atoms with Gasteiger partial charge in [-0.1, -0.05) is 139 Å². The molecule has 2 atom stereocenters. The summed E-state index contributed by atoms with van der Waals surface area (Å²) in [6.45, 7) is 7.94. The van der Waals surface area contributed by atoms with Crippen LogP contribution in [0.15, 0.2) is 148 Å². The monoisotopic (exact) mass is 996 g/mol. The quantitative estimate of drug-likeness (QED) is 0.116. The van der Waals surface area contributed by atoms with Gasteiger partial charge in [-0.15, -0.1) is 0 Å². The molecule has 356 valence electrons. The molecule has 0 radical (unpaired) electrons. The van der Waals surface area contributed by atoms with Crippen molar-refractivity contribution in [3.63, 3.8) is 0 Å². The van der Waals surface area contributed by atoms with Crippen LogP contribution in [0.25, 0.3) is 11.1 Å². The minimum absolute atomic E-state index is 0. The fourth-order valence-electron chi connectivity index (χ4n) is 7.01. The van der Waals surface area contributed by atoms with Crippen LogP contribution in [0.4, 0.5) is 27.2 Å². The summed E-state index contributed by atoms with van der Waals surface area (Å²) in [6.07, 6.45) is -1.36. The van der Waals surface area contributed by atoms with Gasteiger partial charge in [0.2, 0.25) is 0 Å². The Morgan fingerprint density at radius 3 is 1.28 bits per heavy atom. The molecule has 0 fully saturated rings. The number of halogens is 5. The first kappa shape index (κ1) is 54.0. The van der Waals surface area contributed by atoms with Gasteiger partial charge < -0.3 is 19.5 Å². The van der Waals surface area contributed by atoms with Crippen LogP contribution < -0.4 is 5.46 Å². The average molecular weight is 998 g/mol. The maximum Gasteiger partial charge on any atom is 0.488 e. The lowest BCUT2D eigenvalue weighted by Gasteiger charge is -2.19. The van der Waals surface area contributed by atoms with Gasteiger partial charge in [-0.25, -0.2) is 27.2 Å². The molecule has 68 heavy (non-hydrogen) atoms. The molecule has 2 aliphatic rings. The third-order valence-electron chi connectivity index (χ3n) is 10.4. The Balaban J connectivity index is 0.000000244. The van der Waals surface area contributed by atoms with E-state index < -0.39 is 54.7 Å². The Labute approximate surface area is 403 Å². The fraction of sp³-hybridized carbons (Fsp3) is 0.231. The summed E-state index contributed by atoms with van der Waals surface area (Å²) in [4.78, 5) is 36.0. The molecule has 0 aromatic heterocycles. The third-order valence-corrected chi connectivity index (χ3v) is 11.0. The van der Waals surface area contributed by atoms with Crippen molar-refractivity contribution in [2.75, 3.05) is 26.3 Å². The molecule has 10 nitrogen and oxygen atoms in total. The summed E-state index contributed by atoms with van der Waals surface area (Å²) in [6, 6.07) is 36.7. The molecule has 16 heteroatoms. The Hall–Kier alpha value is -6.62. The average Bonchev–Trinajstić information content (AvgIpc) is 3.94. The molecule has 0 spiro atoms. The minimum atomic E-state index is -1.35. The normalized spacial score (nSPS) is 14.7. The standard InChI is InChI=1S/C25H22F2N2O2.C18H15BrF2N2O2.C7H9BO2.2CH4/c1-3-31-25(30)29-15-22(28-24(29)23-20(26)5-4-6-21(23)27)19-13-11-18(12-14-19)17-9-7-16(2)8-10-17;1-2-25-18(24)23-10-15(11-6-8-12(19)9-7-11)22-17(23)16-13(20)4-3-5-14(16)21;1-6-2-4-7(5-3-6)8(9)10;;/h4-14,22H,3,15H2,1-2H3;3-9,15H,2,10H2,1H3;2-5,9-10H,1H3;2*1H4. The van der Waals surface area contributed by atoms with Crippen LogP contribution in [0.3, 0.4) is 0 Å². The van der Waals surface area contributed by atoms with Gasteiger partial charge >= 0.3 is 19.3 Å². The van der Waals surface area contributed by atoms with Crippen LogP contribution in [0.2, 0.25) is 0 Å². The molecular formula is C52H54BBrF4N4O6. The molecule has 2 amide bonds. The van der Waals surface area contributed by atoms with Crippen molar-refractivity contribution in [2.24, 2.45) is 9.98 Å². The number of aryl methyl sites for hydroxylation is 2. The van der Waals surface area contributed by atoms with Gasteiger partial charge in [-0.3, -0.25) is 19.8 Å². The number of aliphatic imine (C=N–C) groups is 2. The Bertz CT molecular complexity index is 2650. The zero-order valence-corrected chi connectivity index (χ0v) is 38.1. The van der Waals surface area contributed by atoms with Crippen LogP contribution in [-0.4, -0.2) is 77.1 Å². The second kappa shape index (κ2) is 25.0. The zero-order valence-electron chi connectivity index (χ0n) is 36.5. The summed E-state index contributed by atoms with van der Waals surface area (Å²) in [7, 11) is -1.35. The minimum Gasteiger partial charge on any atom is -0.449 e. The van der Waals surface area contributed by atoms with E-state index >= 15 is 0 Å². The third kappa shape index (κ3) is 13.3. The zero-order chi connectivity index (χ0) is 47.5. The molecule has 0 saturated heterocycles. The van der Waals surface area contributed by atoms with E-state index in [-0.39, 0.29) is 64.0 Å². The fourth-order valence-corrected chi connectivity index (χ4v) is 7.27. The van der Waals surface area contributed by atoms with Gasteiger partial charge in [0.1, 0.15) is 34.9 Å². The number of carbonyl (C=O) groups excluding carboxylic acids is 2. The first-order valence-electron chi connectivity index (χ1n) is 21.0. The highest BCUT2D eigenvalue weighted by Crippen LogP contribution is 2.33. The van der Waals surface area contributed by atoms with Crippen molar-refractivity contribution in [1.29, 1.82) is 0 Å². The highest BCUT2D eigenvalue weighted by Gasteiger charge is 2.37. The highest BCUT2D eigenvalue weighted by atomic mass is 79.9. The Kier molecular flexibility index (Phi) is 19.8. The lowest BCUT2D eigenvalue weighted by molar-refractivity contribution is 0.128. The highest BCUT2D eigenvalue weighted by molar-refractivity contribution is 9.10. The number of ether oxygens (including phenoxy) is 2.